The maximum absolute atomic E-state index is 12.6. The van der Waals surface area contributed by atoms with Gasteiger partial charge in [-0.2, -0.15) is 5.26 Å². The van der Waals surface area contributed by atoms with Crippen LogP contribution in [0.1, 0.15) is 18.4 Å². The molecule has 0 spiro atoms. The molecule has 0 aromatic heterocycles. The van der Waals surface area contributed by atoms with Crippen LogP contribution in [0.15, 0.2) is 48.5 Å². The molecule has 2 aromatic carbocycles. The number of nitrogens with zero attached hydrogens (tertiary/aromatic N) is 2. The van der Waals surface area contributed by atoms with E-state index in [1.165, 1.54) is 0 Å². The van der Waals surface area contributed by atoms with Crippen LogP contribution in [0.3, 0.4) is 0 Å². The molecule has 1 N–H and O–H groups in total. The SMILES string of the molecule is COc1ccc(Cl)cc1NC(=O)N1CCC(C#N)(c2ccccc2)CC1. The van der Waals surface area contributed by atoms with Crippen LogP contribution in [0.25, 0.3) is 0 Å². The first-order chi connectivity index (χ1) is 12.6. The number of benzene rings is 2. The van der Waals surface area contributed by atoms with E-state index in [0.717, 1.165) is 5.56 Å². The summed E-state index contributed by atoms with van der Waals surface area (Å²) in [4.78, 5) is 14.3. The lowest BCUT2D eigenvalue weighted by molar-refractivity contribution is 0.183. The Morgan fingerprint density at radius 2 is 1.92 bits per heavy atom. The van der Waals surface area contributed by atoms with Gasteiger partial charge in [-0.25, -0.2) is 4.79 Å². The Kier molecular flexibility index (Phi) is 5.34. The number of urea groups is 1. The second-order valence-corrected chi connectivity index (χ2v) is 6.76. The average Bonchev–Trinajstić information content (AvgIpc) is 2.69. The van der Waals surface area contributed by atoms with Gasteiger partial charge < -0.3 is 15.0 Å². The van der Waals surface area contributed by atoms with Crippen molar-refractivity contribution in [1.82, 2.24) is 4.90 Å². The van der Waals surface area contributed by atoms with E-state index in [-0.39, 0.29) is 6.03 Å². The van der Waals surface area contributed by atoms with Crippen LogP contribution in [-0.2, 0) is 5.41 Å². The molecule has 3 rings (SSSR count). The molecule has 1 aliphatic heterocycles. The third-order valence-corrected chi connectivity index (χ3v) is 5.08. The van der Waals surface area contributed by atoms with Crippen molar-refractivity contribution in [3.8, 4) is 11.8 Å². The normalized spacial score (nSPS) is 15.8. The molecule has 0 bridgehead atoms. The number of nitrogens with one attached hydrogen (secondary N) is 1. The van der Waals surface area contributed by atoms with E-state index in [9.17, 15) is 10.1 Å². The predicted molar refractivity (Wildman–Crippen MR) is 102 cm³/mol. The van der Waals surface area contributed by atoms with E-state index < -0.39 is 5.41 Å². The lowest BCUT2D eigenvalue weighted by atomic mass is 9.74. The maximum Gasteiger partial charge on any atom is 0.321 e. The molecule has 1 aliphatic rings. The minimum absolute atomic E-state index is 0.217. The molecule has 1 heterocycles. The summed E-state index contributed by atoms with van der Waals surface area (Å²) in [6.45, 7) is 1.02. The number of rotatable bonds is 3. The Bertz CT molecular complexity index is 825. The lowest BCUT2D eigenvalue weighted by Crippen LogP contribution is -2.46. The zero-order valence-electron chi connectivity index (χ0n) is 14.5. The molecule has 26 heavy (non-hydrogen) atoms. The van der Waals surface area contributed by atoms with Crippen molar-refractivity contribution in [2.75, 3.05) is 25.5 Å². The van der Waals surface area contributed by atoms with Gasteiger partial charge in [0.1, 0.15) is 5.75 Å². The standard InChI is InChI=1S/C20H20ClN3O2/c1-26-18-8-7-16(21)13-17(18)23-19(25)24-11-9-20(14-22,10-12-24)15-5-3-2-4-6-15/h2-8,13H,9-12H2,1H3,(H,23,25). The molecule has 0 atom stereocenters. The number of piperidine rings is 1. The predicted octanol–water partition coefficient (Wildman–Crippen LogP) is 4.44. The number of nitriles is 1. The van der Waals surface area contributed by atoms with Gasteiger partial charge in [0.2, 0.25) is 0 Å². The van der Waals surface area contributed by atoms with Gasteiger partial charge in [-0.3, -0.25) is 0 Å². The summed E-state index contributed by atoms with van der Waals surface area (Å²) in [5.74, 6) is 0.551. The number of carbonyl (C=O) groups excluding carboxylic acids is 1. The second kappa shape index (κ2) is 7.67. The summed E-state index contributed by atoms with van der Waals surface area (Å²) in [7, 11) is 1.54. The number of hydrogen-bond acceptors (Lipinski definition) is 3. The summed E-state index contributed by atoms with van der Waals surface area (Å²) in [6, 6.07) is 17.1. The summed E-state index contributed by atoms with van der Waals surface area (Å²) in [6.07, 6.45) is 1.21. The van der Waals surface area contributed by atoms with Crippen LogP contribution in [0, 0.1) is 11.3 Å². The van der Waals surface area contributed by atoms with E-state index in [0.29, 0.717) is 42.4 Å². The Labute approximate surface area is 158 Å². The van der Waals surface area contributed by atoms with Gasteiger partial charge in [-0.05, 0) is 36.6 Å². The van der Waals surface area contributed by atoms with Gasteiger partial charge in [-0.15, -0.1) is 0 Å². The Morgan fingerprint density at radius 1 is 1.23 bits per heavy atom. The topological polar surface area (TPSA) is 65.4 Å². The number of methoxy groups -OCH3 is 1. The first kappa shape index (κ1) is 18.1. The highest BCUT2D eigenvalue weighted by molar-refractivity contribution is 6.31. The van der Waals surface area contributed by atoms with E-state index >= 15 is 0 Å². The minimum Gasteiger partial charge on any atom is -0.495 e. The number of ether oxygens (including phenoxy) is 1. The highest BCUT2D eigenvalue weighted by atomic mass is 35.5. The Balaban J connectivity index is 1.69. The molecule has 1 saturated heterocycles. The maximum atomic E-state index is 12.6. The van der Waals surface area contributed by atoms with E-state index in [4.69, 9.17) is 16.3 Å². The summed E-state index contributed by atoms with van der Waals surface area (Å²) in [5, 5.41) is 13.1. The number of amides is 2. The van der Waals surface area contributed by atoms with Crippen molar-refractivity contribution >= 4 is 23.3 Å². The molecule has 134 valence electrons. The Morgan fingerprint density at radius 3 is 2.54 bits per heavy atom. The van der Waals surface area contributed by atoms with Crippen molar-refractivity contribution in [1.29, 1.82) is 5.26 Å². The monoisotopic (exact) mass is 369 g/mol. The molecule has 2 amide bonds. The van der Waals surface area contributed by atoms with Gasteiger partial charge in [-0.1, -0.05) is 41.9 Å². The molecule has 2 aromatic rings. The first-order valence-electron chi connectivity index (χ1n) is 8.44. The van der Waals surface area contributed by atoms with Gasteiger partial charge in [0.15, 0.2) is 0 Å². The highest BCUT2D eigenvalue weighted by Gasteiger charge is 2.37. The average molecular weight is 370 g/mol. The number of likely N-dealkylation sites (tertiary alicyclic amines) is 1. The number of anilines is 1. The van der Waals surface area contributed by atoms with Crippen molar-refractivity contribution in [3.63, 3.8) is 0 Å². The smallest absolute Gasteiger partial charge is 0.321 e. The number of hydrogen-bond donors (Lipinski definition) is 1. The van der Waals surface area contributed by atoms with E-state index in [1.54, 1.807) is 30.2 Å². The van der Waals surface area contributed by atoms with E-state index in [2.05, 4.69) is 11.4 Å². The van der Waals surface area contributed by atoms with Crippen molar-refractivity contribution in [2.24, 2.45) is 0 Å². The van der Waals surface area contributed by atoms with Crippen LogP contribution in [0.5, 0.6) is 5.75 Å². The Hall–Kier alpha value is -2.71. The summed E-state index contributed by atoms with van der Waals surface area (Å²) < 4.78 is 5.26. The molecule has 0 saturated carbocycles. The van der Waals surface area contributed by atoms with Gasteiger partial charge >= 0.3 is 6.03 Å². The zero-order chi connectivity index (χ0) is 18.6. The molecule has 0 radical (unpaired) electrons. The van der Waals surface area contributed by atoms with Crippen molar-refractivity contribution in [2.45, 2.75) is 18.3 Å². The van der Waals surface area contributed by atoms with Crippen LogP contribution in [-0.4, -0.2) is 31.1 Å². The molecule has 0 unspecified atom stereocenters. The molecule has 1 fully saturated rings. The first-order valence-corrected chi connectivity index (χ1v) is 8.82. The number of halogens is 1. The van der Waals surface area contributed by atoms with Crippen LogP contribution < -0.4 is 10.1 Å². The quantitative estimate of drug-likeness (QED) is 0.869. The molecular formula is C20H20ClN3O2. The minimum atomic E-state index is -0.536. The largest absolute Gasteiger partial charge is 0.495 e. The van der Waals surface area contributed by atoms with Crippen LogP contribution in [0.4, 0.5) is 10.5 Å². The molecular weight excluding hydrogens is 350 g/mol. The second-order valence-electron chi connectivity index (χ2n) is 6.32. The fraction of sp³-hybridized carbons (Fsp3) is 0.300. The summed E-state index contributed by atoms with van der Waals surface area (Å²) in [5.41, 5.74) is 1.01. The van der Waals surface area contributed by atoms with Crippen molar-refractivity contribution in [3.05, 3.63) is 59.1 Å². The van der Waals surface area contributed by atoms with E-state index in [1.807, 2.05) is 30.3 Å². The third kappa shape index (κ3) is 3.61. The molecule has 6 heteroatoms. The molecule has 0 aliphatic carbocycles. The summed E-state index contributed by atoms with van der Waals surface area (Å²) >= 11 is 6.01. The van der Waals surface area contributed by atoms with Crippen LogP contribution >= 0.6 is 11.6 Å². The zero-order valence-corrected chi connectivity index (χ0v) is 15.3. The van der Waals surface area contributed by atoms with Gasteiger partial charge in [0.05, 0.1) is 24.3 Å². The van der Waals surface area contributed by atoms with Gasteiger partial charge in [0.25, 0.3) is 0 Å². The number of carbonyl (C=O) groups is 1. The van der Waals surface area contributed by atoms with Gasteiger partial charge in [0, 0.05) is 18.1 Å². The van der Waals surface area contributed by atoms with Crippen LogP contribution in [0.2, 0.25) is 5.02 Å². The highest BCUT2D eigenvalue weighted by Crippen LogP contribution is 2.35. The fourth-order valence-corrected chi connectivity index (χ4v) is 3.46. The third-order valence-electron chi connectivity index (χ3n) is 4.85. The lowest BCUT2D eigenvalue weighted by Gasteiger charge is -2.37. The fourth-order valence-electron chi connectivity index (χ4n) is 3.29. The molecule has 5 nitrogen and oxygen atoms in total. The van der Waals surface area contributed by atoms with Crippen molar-refractivity contribution < 1.29 is 9.53 Å².